The summed E-state index contributed by atoms with van der Waals surface area (Å²) in [4.78, 5) is 12.4. The molecule has 0 bridgehead atoms. The van der Waals surface area contributed by atoms with Crippen molar-refractivity contribution in [3.8, 4) is 5.75 Å². The number of aromatic nitrogens is 3. The maximum absolute atomic E-state index is 14.2. The van der Waals surface area contributed by atoms with E-state index in [1.54, 1.807) is 42.8 Å². The SMILES string of the molecule is CS(=O)c1ccc(C(Oc2ccc(F)cc2F)c2nc3ncccc3[nH]2)cc1. The zero-order valence-electron chi connectivity index (χ0n) is 14.7. The molecule has 0 fully saturated rings. The van der Waals surface area contributed by atoms with E-state index in [1.807, 2.05) is 6.07 Å². The molecule has 0 saturated carbocycles. The Morgan fingerprint density at radius 2 is 1.89 bits per heavy atom. The van der Waals surface area contributed by atoms with E-state index in [4.69, 9.17) is 4.74 Å². The minimum absolute atomic E-state index is 0.108. The van der Waals surface area contributed by atoms with Crippen molar-refractivity contribution in [3.63, 3.8) is 0 Å². The Balaban J connectivity index is 1.78. The van der Waals surface area contributed by atoms with Gasteiger partial charge in [-0.1, -0.05) is 12.1 Å². The molecule has 2 aromatic carbocycles. The molecule has 1 N–H and O–H groups in total. The second-order valence-electron chi connectivity index (χ2n) is 6.09. The largest absolute Gasteiger partial charge is 0.475 e. The van der Waals surface area contributed by atoms with E-state index < -0.39 is 28.5 Å². The fourth-order valence-corrected chi connectivity index (χ4v) is 3.32. The minimum atomic E-state index is -1.13. The van der Waals surface area contributed by atoms with Crippen molar-refractivity contribution in [2.75, 3.05) is 6.26 Å². The van der Waals surface area contributed by atoms with Crippen molar-refractivity contribution in [2.24, 2.45) is 0 Å². The third-order valence-electron chi connectivity index (χ3n) is 4.18. The van der Waals surface area contributed by atoms with E-state index in [9.17, 15) is 13.0 Å². The maximum Gasteiger partial charge on any atom is 0.181 e. The summed E-state index contributed by atoms with van der Waals surface area (Å²) < 4.78 is 44.9. The fourth-order valence-electron chi connectivity index (χ4n) is 2.80. The molecule has 0 aliphatic rings. The summed E-state index contributed by atoms with van der Waals surface area (Å²) in [6.45, 7) is 0. The third-order valence-corrected chi connectivity index (χ3v) is 5.11. The molecular weight excluding hydrogens is 384 g/mol. The Hall–Kier alpha value is -3.13. The highest BCUT2D eigenvalue weighted by Crippen LogP contribution is 2.30. The van der Waals surface area contributed by atoms with Crippen molar-refractivity contribution in [1.82, 2.24) is 15.0 Å². The first kappa shape index (κ1) is 18.2. The number of pyridine rings is 1. The van der Waals surface area contributed by atoms with Gasteiger partial charge in [0.25, 0.3) is 0 Å². The van der Waals surface area contributed by atoms with Crippen LogP contribution in [-0.2, 0) is 10.8 Å². The quantitative estimate of drug-likeness (QED) is 0.548. The Bertz CT molecular complexity index is 1130. The van der Waals surface area contributed by atoms with Crippen molar-refractivity contribution in [1.29, 1.82) is 0 Å². The van der Waals surface area contributed by atoms with Crippen molar-refractivity contribution in [2.45, 2.75) is 11.0 Å². The molecule has 28 heavy (non-hydrogen) atoms. The first-order valence-electron chi connectivity index (χ1n) is 8.37. The van der Waals surface area contributed by atoms with Crippen LogP contribution in [-0.4, -0.2) is 25.4 Å². The zero-order chi connectivity index (χ0) is 19.7. The average molecular weight is 399 g/mol. The highest BCUT2D eigenvalue weighted by atomic mass is 32.2. The van der Waals surface area contributed by atoms with E-state index in [-0.39, 0.29) is 5.75 Å². The van der Waals surface area contributed by atoms with Gasteiger partial charge in [-0.3, -0.25) is 4.21 Å². The Morgan fingerprint density at radius 1 is 1.11 bits per heavy atom. The van der Waals surface area contributed by atoms with Gasteiger partial charge in [0, 0.05) is 39.8 Å². The normalized spacial score (nSPS) is 13.4. The second-order valence-corrected chi connectivity index (χ2v) is 7.47. The van der Waals surface area contributed by atoms with Gasteiger partial charge >= 0.3 is 0 Å². The number of hydrogen-bond acceptors (Lipinski definition) is 4. The van der Waals surface area contributed by atoms with Gasteiger partial charge < -0.3 is 9.72 Å². The van der Waals surface area contributed by atoms with E-state index in [2.05, 4.69) is 15.0 Å². The average Bonchev–Trinajstić information content (AvgIpc) is 3.11. The Labute approximate surface area is 161 Å². The van der Waals surface area contributed by atoms with Crippen LogP contribution < -0.4 is 4.74 Å². The number of rotatable bonds is 5. The highest BCUT2D eigenvalue weighted by molar-refractivity contribution is 7.84. The first-order valence-corrected chi connectivity index (χ1v) is 9.93. The molecule has 0 spiro atoms. The number of ether oxygens (including phenoxy) is 1. The molecule has 2 atom stereocenters. The van der Waals surface area contributed by atoms with Crippen LogP contribution in [0.4, 0.5) is 8.78 Å². The molecule has 0 radical (unpaired) electrons. The fraction of sp³-hybridized carbons (Fsp3) is 0.100. The van der Waals surface area contributed by atoms with Gasteiger partial charge in [-0.05, 0) is 36.4 Å². The molecule has 2 heterocycles. The number of imidazole rings is 1. The van der Waals surface area contributed by atoms with Crippen LogP contribution in [0.1, 0.15) is 17.5 Å². The van der Waals surface area contributed by atoms with Crippen LogP contribution >= 0.6 is 0 Å². The van der Waals surface area contributed by atoms with Crippen LogP contribution in [0, 0.1) is 11.6 Å². The summed E-state index contributed by atoms with van der Waals surface area (Å²) in [5.74, 6) is -1.19. The molecule has 4 rings (SSSR count). The van der Waals surface area contributed by atoms with Gasteiger partial charge in [0.15, 0.2) is 29.1 Å². The summed E-state index contributed by atoms with van der Waals surface area (Å²) >= 11 is 0. The predicted octanol–water partition coefficient (Wildman–Crippen LogP) is 4.14. The highest BCUT2D eigenvalue weighted by Gasteiger charge is 2.22. The summed E-state index contributed by atoms with van der Waals surface area (Å²) in [5, 5.41) is 0. The van der Waals surface area contributed by atoms with Crippen LogP contribution in [0.15, 0.2) is 65.7 Å². The molecule has 2 unspecified atom stereocenters. The molecule has 5 nitrogen and oxygen atoms in total. The molecule has 0 saturated heterocycles. The molecule has 142 valence electrons. The van der Waals surface area contributed by atoms with E-state index in [0.29, 0.717) is 27.4 Å². The van der Waals surface area contributed by atoms with Crippen LogP contribution in [0.5, 0.6) is 5.75 Å². The molecule has 0 amide bonds. The lowest BCUT2D eigenvalue weighted by molar-refractivity contribution is 0.226. The van der Waals surface area contributed by atoms with Gasteiger partial charge in [-0.25, -0.2) is 18.7 Å². The summed E-state index contributed by atoms with van der Waals surface area (Å²) in [7, 11) is -1.13. The Morgan fingerprint density at radius 3 is 2.57 bits per heavy atom. The van der Waals surface area contributed by atoms with Crippen molar-refractivity contribution < 1.29 is 17.7 Å². The third kappa shape index (κ3) is 3.63. The van der Waals surface area contributed by atoms with Crippen LogP contribution in [0.3, 0.4) is 0 Å². The van der Waals surface area contributed by atoms with Gasteiger partial charge in [-0.2, -0.15) is 0 Å². The second kappa shape index (κ2) is 7.47. The van der Waals surface area contributed by atoms with E-state index in [1.165, 1.54) is 6.07 Å². The summed E-state index contributed by atoms with van der Waals surface area (Å²) in [6, 6.07) is 13.6. The molecule has 4 aromatic rings. The van der Waals surface area contributed by atoms with Crippen LogP contribution in [0.25, 0.3) is 11.2 Å². The maximum atomic E-state index is 14.2. The number of aromatic amines is 1. The standard InChI is InChI=1S/C20H15F2N3O2S/c1-28(26)14-7-4-12(5-8-14)18(27-17-9-6-13(21)11-15(17)22)20-24-16-3-2-10-23-19(16)25-20/h2-11,18H,1H3,(H,23,24,25). The monoisotopic (exact) mass is 399 g/mol. The van der Waals surface area contributed by atoms with E-state index in [0.717, 1.165) is 12.1 Å². The van der Waals surface area contributed by atoms with Crippen LogP contribution in [0.2, 0.25) is 0 Å². The lowest BCUT2D eigenvalue weighted by Gasteiger charge is -2.18. The van der Waals surface area contributed by atoms with Gasteiger partial charge in [0.05, 0.1) is 5.52 Å². The number of hydrogen-bond donors (Lipinski definition) is 1. The van der Waals surface area contributed by atoms with Gasteiger partial charge in [-0.15, -0.1) is 0 Å². The number of fused-ring (bicyclic) bond motifs is 1. The summed E-state index contributed by atoms with van der Waals surface area (Å²) in [5.41, 5.74) is 1.87. The lowest BCUT2D eigenvalue weighted by Crippen LogP contribution is -2.12. The number of nitrogens with zero attached hydrogens (tertiary/aromatic N) is 2. The number of halogens is 2. The van der Waals surface area contributed by atoms with Gasteiger partial charge in [0.1, 0.15) is 5.82 Å². The topological polar surface area (TPSA) is 67.9 Å². The van der Waals surface area contributed by atoms with Crippen molar-refractivity contribution in [3.05, 3.63) is 83.8 Å². The number of nitrogens with one attached hydrogen (secondary N) is 1. The number of benzene rings is 2. The first-order chi connectivity index (χ1) is 13.5. The molecule has 0 aliphatic heterocycles. The smallest absolute Gasteiger partial charge is 0.181 e. The molecule has 2 aromatic heterocycles. The van der Waals surface area contributed by atoms with Crippen molar-refractivity contribution >= 4 is 22.0 Å². The minimum Gasteiger partial charge on any atom is -0.475 e. The molecule has 8 heteroatoms. The van der Waals surface area contributed by atoms with E-state index >= 15 is 0 Å². The number of H-pyrrole nitrogens is 1. The van der Waals surface area contributed by atoms with Gasteiger partial charge in [0.2, 0.25) is 0 Å². The molecular formula is C20H15F2N3O2S. The predicted molar refractivity (Wildman–Crippen MR) is 101 cm³/mol. The zero-order valence-corrected chi connectivity index (χ0v) is 15.5. The lowest BCUT2D eigenvalue weighted by atomic mass is 10.1. The Kier molecular flexibility index (Phi) is 4.87. The molecule has 0 aliphatic carbocycles. The summed E-state index contributed by atoms with van der Waals surface area (Å²) in [6.07, 6.45) is 2.41.